The van der Waals surface area contributed by atoms with Gasteiger partial charge in [-0.05, 0) is 52.9 Å². The Morgan fingerprint density at radius 1 is 0.911 bits per heavy atom. The summed E-state index contributed by atoms with van der Waals surface area (Å²) in [6.07, 6.45) is 1.30. The number of rotatable bonds is 9. The highest BCUT2D eigenvalue weighted by molar-refractivity contribution is 6.04. The minimum Gasteiger partial charge on any atom is -0.497 e. The Morgan fingerprint density at radius 3 is 2.44 bits per heavy atom. The predicted molar refractivity (Wildman–Crippen MR) is 172 cm³/mol. The molecule has 8 heteroatoms. The van der Waals surface area contributed by atoms with E-state index in [0.717, 1.165) is 44.6 Å². The van der Waals surface area contributed by atoms with E-state index in [1.54, 1.807) is 12.0 Å². The number of aromatic amines is 1. The van der Waals surface area contributed by atoms with Crippen molar-refractivity contribution in [2.75, 3.05) is 13.7 Å². The molecule has 2 aliphatic heterocycles. The number of fused-ring (bicyclic) bond motifs is 7. The number of carbonyl (C=O) groups is 3. The first-order valence-corrected chi connectivity index (χ1v) is 15.3. The molecule has 0 fully saturated rings. The average molecular weight is 599 g/mol. The molecule has 0 bridgehead atoms. The van der Waals surface area contributed by atoms with Gasteiger partial charge in [-0.15, -0.1) is 0 Å². The molecule has 0 saturated carbocycles. The molecular weight excluding hydrogens is 564 g/mol. The number of carbonyl (C=O) groups excluding carboxylic acids is 3. The van der Waals surface area contributed by atoms with E-state index in [0.29, 0.717) is 31.4 Å². The van der Waals surface area contributed by atoms with Gasteiger partial charge in [-0.25, -0.2) is 0 Å². The first kappa shape index (κ1) is 28.4. The van der Waals surface area contributed by atoms with Crippen molar-refractivity contribution >= 4 is 28.6 Å². The summed E-state index contributed by atoms with van der Waals surface area (Å²) in [7, 11) is 1.63. The molecule has 45 heavy (non-hydrogen) atoms. The summed E-state index contributed by atoms with van der Waals surface area (Å²) in [5.74, 6) is -0.0125. The Bertz CT molecular complexity index is 1880. The van der Waals surface area contributed by atoms with E-state index in [2.05, 4.69) is 15.6 Å². The fourth-order valence-corrected chi connectivity index (χ4v) is 6.71. The van der Waals surface area contributed by atoms with Crippen LogP contribution >= 0.6 is 0 Å². The average Bonchev–Trinajstić information content (AvgIpc) is 3.60. The number of hydrogen-bond donors (Lipinski definition) is 3. The molecule has 3 N–H and O–H groups in total. The van der Waals surface area contributed by atoms with Gasteiger partial charge in [0.2, 0.25) is 11.8 Å². The molecule has 0 aliphatic carbocycles. The normalized spacial score (nSPS) is 17.3. The van der Waals surface area contributed by atoms with Gasteiger partial charge in [0.25, 0.3) is 5.91 Å². The maximum absolute atomic E-state index is 14.3. The number of methoxy groups -OCH3 is 1. The molecule has 7 rings (SSSR count). The second-order valence-corrected chi connectivity index (χ2v) is 11.6. The zero-order valence-electron chi connectivity index (χ0n) is 25.0. The summed E-state index contributed by atoms with van der Waals surface area (Å²) in [4.78, 5) is 47.0. The highest BCUT2D eigenvalue weighted by Crippen LogP contribution is 2.46. The number of hydrogen-bond acceptors (Lipinski definition) is 4. The highest BCUT2D eigenvalue weighted by Gasteiger charge is 2.49. The monoisotopic (exact) mass is 598 g/mol. The maximum atomic E-state index is 14.3. The van der Waals surface area contributed by atoms with Crippen molar-refractivity contribution in [3.05, 3.63) is 137 Å². The predicted octanol–water partition coefficient (Wildman–Crippen LogP) is 4.73. The van der Waals surface area contributed by atoms with Crippen LogP contribution in [0.3, 0.4) is 0 Å². The van der Waals surface area contributed by atoms with Crippen LogP contribution in [0.4, 0.5) is 0 Å². The van der Waals surface area contributed by atoms with Crippen molar-refractivity contribution in [3.8, 4) is 5.75 Å². The number of H-pyrrole nitrogens is 1. The Balaban J connectivity index is 1.16. The molecular formula is C37H34N4O4. The lowest BCUT2D eigenvalue weighted by Gasteiger charge is -2.37. The third-order valence-electron chi connectivity index (χ3n) is 8.94. The molecule has 0 radical (unpaired) electrons. The van der Waals surface area contributed by atoms with Crippen molar-refractivity contribution < 1.29 is 19.1 Å². The van der Waals surface area contributed by atoms with Crippen LogP contribution in [0.2, 0.25) is 0 Å². The first-order valence-electron chi connectivity index (χ1n) is 15.3. The van der Waals surface area contributed by atoms with E-state index in [-0.39, 0.29) is 17.7 Å². The van der Waals surface area contributed by atoms with E-state index < -0.39 is 18.1 Å². The molecule has 3 atom stereocenters. The lowest BCUT2D eigenvalue weighted by molar-refractivity contribution is -0.132. The molecule has 0 spiro atoms. The Morgan fingerprint density at radius 2 is 1.64 bits per heavy atom. The van der Waals surface area contributed by atoms with Gasteiger partial charge < -0.3 is 25.3 Å². The number of nitrogens with zero attached hydrogens (tertiary/aromatic N) is 1. The number of nitrogens with one attached hydrogen (secondary N) is 3. The van der Waals surface area contributed by atoms with Gasteiger partial charge in [-0.2, -0.15) is 0 Å². The SMILES string of the molecule is COc1ccc(CCNC(=O)[C@H](Cc2ccccc2)NC(=O)[C@@H]2Cc3c([nH]c4ccccc34)C3c4ccccc4C(=O)N32)cc1. The van der Waals surface area contributed by atoms with E-state index in [1.165, 1.54) is 0 Å². The highest BCUT2D eigenvalue weighted by atomic mass is 16.5. The minimum absolute atomic E-state index is 0.177. The van der Waals surface area contributed by atoms with Gasteiger partial charge in [0.05, 0.1) is 13.2 Å². The summed E-state index contributed by atoms with van der Waals surface area (Å²) in [6, 6.07) is 30.9. The zero-order valence-corrected chi connectivity index (χ0v) is 25.0. The molecule has 2 aliphatic rings. The summed E-state index contributed by atoms with van der Waals surface area (Å²) in [5.41, 5.74) is 6.41. The second-order valence-electron chi connectivity index (χ2n) is 11.6. The van der Waals surface area contributed by atoms with Crippen LogP contribution in [-0.2, 0) is 28.9 Å². The molecule has 3 amide bonds. The van der Waals surface area contributed by atoms with Crippen LogP contribution in [0, 0.1) is 0 Å². The minimum atomic E-state index is -0.821. The topological polar surface area (TPSA) is 104 Å². The van der Waals surface area contributed by atoms with Gasteiger partial charge in [0.15, 0.2) is 0 Å². The third kappa shape index (κ3) is 5.33. The zero-order chi connectivity index (χ0) is 30.9. The number of para-hydroxylation sites is 1. The van der Waals surface area contributed by atoms with Crippen LogP contribution in [0.5, 0.6) is 5.75 Å². The molecule has 1 aromatic heterocycles. The Labute approximate surface area is 261 Å². The Kier molecular flexibility index (Phi) is 7.55. The van der Waals surface area contributed by atoms with Gasteiger partial charge in [0, 0.05) is 41.5 Å². The molecule has 5 aromatic rings. The fraction of sp³-hybridized carbons (Fsp3) is 0.216. The number of ether oxygens (including phenoxy) is 1. The maximum Gasteiger partial charge on any atom is 0.255 e. The largest absolute Gasteiger partial charge is 0.497 e. The van der Waals surface area contributed by atoms with E-state index >= 15 is 0 Å². The molecule has 0 saturated heterocycles. The van der Waals surface area contributed by atoms with Crippen molar-refractivity contribution in [3.63, 3.8) is 0 Å². The van der Waals surface area contributed by atoms with Crippen LogP contribution in [0.1, 0.15) is 44.3 Å². The molecule has 1 unspecified atom stereocenters. The van der Waals surface area contributed by atoms with Crippen LogP contribution in [-0.4, -0.2) is 53.3 Å². The van der Waals surface area contributed by atoms with Crippen LogP contribution in [0.15, 0.2) is 103 Å². The molecule has 3 heterocycles. The first-order chi connectivity index (χ1) is 22.0. The summed E-state index contributed by atoms with van der Waals surface area (Å²) in [5, 5.41) is 7.12. The lowest BCUT2D eigenvalue weighted by Crippen LogP contribution is -2.57. The van der Waals surface area contributed by atoms with Crippen LogP contribution < -0.4 is 15.4 Å². The smallest absolute Gasteiger partial charge is 0.255 e. The van der Waals surface area contributed by atoms with Crippen molar-refractivity contribution in [2.24, 2.45) is 0 Å². The Hall–Kier alpha value is -5.37. The van der Waals surface area contributed by atoms with Gasteiger partial charge in [-0.3, -0.25) is 14.4 Å². The molecule has 8 nitrogen and oxygen atoms in total. The standard InChI is InChI=1S/C37H34N4O4/c1-45-25-17-15-23(16-18-25)19-20-38-35(42)31(21-24-9-3-2-4-10-24)40-36(43)32-22-29-26-11-7-8-14-30(26)39-33(29)34-27-12-5-6-13-28(27)37(44)41(32)34/h2-18,31-32,34,39H,19-22H2,1H3,(H,38,42)(H,40,43)/t31-,32-,34?/m0/s1. The summed E-state index contributed by atoms with van der Waals surface area (Å²) in [6.45, 7) is 0.413. The quantitative estimate of drug-likeness (QED) is 0.228. The third-order valence-corrected chi connectivity index (χ3v) is 8.94. The van der Waals surface area contributed by atoms with E-state index in [1.807, 2.05) is 103 Å². The van der Waals surface area contributed by atoms with E-state index in [9.17, 15) is 14.4 Å². The number of amides is 3. The second kappa shape index (κ2) is 12.0. The fourth-order valence-electron chi connectivity index (χ4n) is 6.71. The van der Waals surface area contributed by atoms with Gasteiger partial charge in [0.1, 0.15) is 17.8 Å². The van der Waals surface area contributed by atoms with Crippen molar-refractivity contribution in [2.45, 2.75) is 37.4 Å². The molecule has 4 aromatic carbocycles. The van der Waals surface area contributed by atoms with Gasteiger partial charge in [-0.1, -0.05) is 78.9 Å². The van der Waals surface area contributed by atoms with Gasteiger partial charge >= 0.3 is 0 Å². The van der Waals surface area contributed by atoms with E-state index in [4.69, 9.17) is 4.74 Å². The summed E-state index contributed by atoms with van der Waals surface area (Å²) < 4.78 is 5.24. The van der Waals surface area contributed by atoms with Crippen molar-refractivity contribution in [1.82, 2.24) is 20.5 Å². The lowest BCUT2D eigenvalue weighted by atomic mass is 9.89. The number of benzene rings is 4. The van der Waals surface area contributed by atoms with Crippen molar-refractivity contribution in [1.29, 1.82) is 0 Å². The molecule has 226 valence electrons. The number of aromatic nitrogens is 1. The summed E-state index contributed by atoms with van der Waals surface area (Å²) >= 11 is 0. The van der Waals surface area contributed by atoms with Crippen LogP contribution in [0.25, 0.3) is 10.9 Å².